The third-order valence-electron chi connectivity index (χ3n) is 5.67. The van der Waals surface area contributed by atoms with Crippen LogP contribution in [0.4, 0.5) is 0 Å². The highest BCUT2D eigenvalue weighted by atomic mass is 32.2. The number of phenolic OH excluding ortho intramolecular Hbond substituents is 1. The van der Waals surface area contributed by atoms with Crippen LogP contribution >= 0.6 is 0 Å². The molecule has 0 atom stereocenters. The Bertz CT molecular complexity index is 881. The van der Waals surface area contributed by atoms with Crippen molar-refractivity contribution in [1.29, 1.82) is 5.26 Å². The molecule has 1 saturated carbocycles. The number of hydrogen-bond donors (Lipinski definition) is 1. The van der Waals surface area contributed by atoms with Crippen LogP contribution in [0, 0.1) is 17.2 Å². The summed E-state index contributed by atoms with van der Waals surface area (Å²) in [5, 5.41) is 20.5. The van der Waals surface area contributed by atoms with Gasteiger partial charge in [-0.05, 0) is 53.4 Å². The Balaban J connectivity index is 2.53. The van der Waals surface area contributed by atoms with Gasteiger partial charge in [0.2, 0.25) is 0 Å². The fourth-order valence-electron chi connectivity index (χ4n) is 3.98. The van der Waals surface area contributed by atoms with Crippen LogP contribution in [0.1, 0.15) is 90.3 Å². The maximum absolute atomic E-state index is 12.9. The molecule has 4 nitrogen and oxygen atoms in total. The average Bonchev–Trinajstić information content (AvgIpc) is 2.59. The summed E-state index contributed by atoms with van der Waals surface area (Å²) < 4.78 is 25.8. The fourth-order valence-corrected chi connectivity index (χ4v) is 5.57. The van der Waals surface area contributed by atoms with Gasteiger partial charge in [0.25, 0.3) is 0 Å². The molecule has 0 aromatic heterocycles. The maximum atomic E-state index is 12.9. The molecule has 1 fully saturated rings. The van der Waals surface area contributed by atoms with Crippen molar-refractivity contribution in [3.05, 3.63) is 33.7 Å². The molecule has 0 bridgehead atoms. The van der Waals surface area contributed by atoms with E-state index in [-0.39, 0.29) is 33.2 Å². The van der Waals surface area contributed by atoms with Crippen LogP contribution < -0.4 is 0 Å². The van der Waals surface area contributed by atoms with E-state index in [4.69, 9.17) is 0 Å². The molecule has 0 saturated heterocycles. The summed E-state index contributed by atoms with van der Waals surface area (Å²) in [5.41, 5.74) is 1.50. The second kappa shape index (κ2) is 8.52. The lowest BCUT2D eigenvalue weighted by Crippen LogP contribution is -2.20. The van der Waals surface area contributed by atoms with Gasteiger partial charge in [0.05, 0.1) is 5.75 Å². The molecule has 1 aliphatic rings. The quantitative estimate of drug-likeness (QED) is 0.624. The first-order chi connectivity index (χ1) is 13.3. The Morgan fingerprint density at radius 3 is 1.97 bits per heavy atom. The Morgan fingerprint density at radius 2 is 1.55 bits per heavy atom. The van der Waals surface area contributed by atoms with E-state index in [1.807, 2.05) is 47.6 Å². The lowest BCUT2D eigenvalue weighted by molar-refractivity contribution is 0.385. The van der Waals surface area contributed by atoms with Gasteiger partial charge in [0.15, 0.2) is 9.84 Å². The summed E-state index contributed by atoms with van der Waals surface area (Å²) in [4.78, 5) is -0.187. The van der Waals surface area contributed by atoms with E-state index in [1.165, 1.54) is 6.08 Å². The summed E-state index contributed by atoms with van der Waals surface area (Å²) in [5.74, 6) is 0.425. The highest BCUT2D eigenvalue weighted by molar-refractivity contribution is 7.95. The van der Waals surface area contributed by atoms with Crippen molar-refractivity contribution in [3.63, 3.8) is 0 Å². The second-order valence-electron chi connectivity index (χ2n) is 10.4. The van der Waals surface area contributed by atoms with Crippen LogP contribution in [0.2, 0.25) is 0 Å². The van der Waals surface area contributed by atoms with Crippen molar-refractivity contribution in [3.8, 4) is 11.8 Å². The largest absolute Gasteiger partial charge is 0.507 e. The number of nitrogens with zero attached hydrogens (tertiary/aromatic N) is 1. The van der Waals surface area contributed by atoms with Gasteiger partial charge in [0.1, 0.15) is 16.7 Å². The lowest BCUT2D eigenvalue weighted by Gasteiger charge is -2.28. The zero-order chi connectivity index (χ0) is 22.0. The molecular weight excluding hydrogens is 382 g/mol. The minimum absolute atomic E-state index is 0.0444. The molecule has 1 aliphatic carbocycles. The summed E-state index contributed by atoms with van der Waals surface area (Å²) >= 11 is 0. The molecule has 0 unspecified atom stereocenters. The van der Waals surface area contributed by atoms with E-state index >= 15 is 0 Å². The van der Waals surface area contributed by atoms with Crippen molar-refractivity contribution >= 4 is 15.9 Å². The monoisotopic (exact) mass is 417 g/mol. The molecule has 0 heterocycles. The van der Waals surface area contributed by atoms with Crippen LogP contribution in [-0.2, 0) is 20.7 Å². The van der Waals surface area contributed by atoms with Crippen LogP contribution in [0.5, 0.6) is 5.75 Å². The average molecular weight is 418 g/mol. The van der Waals surface area contributed by atoms with Crippen molar-refractivity contribution in [2.45, 2.75) is 84.5 Å². The number of rotatable bonds is 4. The highest BCUT2D eigenvalue weighted by Gasteiger charge is 2.28. The van der Waals surface area contributed by atoms with Crippen LogP contribution in [0.25, 0.3) is 6.08 Å². The normalized spacial score (nSPS) is 17.2. The third kappa shape index (κ3) is 5.85. The number of sulfone groups is 1. The minimum Gasteiger partial charge on any atom is -0.507 e. The predicted octanol–water partition coefficient (Wildman–Crippen LogP) is 5.85. The number of nitriles is 1. The molecule has 0 amide bonds. The van der Waals surface area contributed by atoms with Gasteiger partial charge in [-0.2, -0.15) is 5.26 Å². The first kappa shape index (κ1) is 23.5. The Labute approximate surface area is 176 Å². The van der Waals surface area contributed by atoms with Gasteiger partial charge in [-0.3, -0.25) is 0 Å². The maximum Gasteiger partial charge on any atom is 0.188 e. The number of allylic oxidation sites excluding steroid dienone is 1. The lowest BCUT2D eigenvalue weighted by atomic mass is 9.78. The van der Waals surface area contributed by atoms with E-state index in [2.05, 4.69) is 0 Å². The Kier molecular flexibility index (Phi) is 6.89. The van der Waals surface area contributed by atoms with Gasteiger partial charge < -0.3 is 5.11 Å². The van der Waals surface area contributed by atoms with Gasteiger partial charge in [-0.15, -0.1) is 0 Å². The fraction of sp³-hybridized carbons (Fsp3) is 0.625. The summed E-state index contributed by atoms with van der Waals surface area (Å²) in [7, 11) is -3.64. The molecule has 1 N–H and O–H groups in total. The number of hydrogen-bond acceptors (Lipinski definition) is 4. The first-order valence-corrected chi connectivity index (χ1v) is 12.1. The highest BCUT2D eigenvalue weighted by Crippen LogP contribution is 2.40. The predicted molar refractivity (Wildman–Crippen MR) is 119 cm³/mol. The Hall–Kier alpha value is -1.80. The molecule has 160 valence electrons. The summed E-state index contributed by atoms with van der Waals surface area (Å²) in [6.45, 7) is 12.0. The van der Waals surface area contributed by atoms with Crippen LogP contribution in [0.3, 0.4) is 0 Å². The molecule has 5 heteroatoms. The molecule has 0 aliphatic heterocycles. The van der Waals surface area contributed by atoms with E-state index in [9.17, 15) is 18.8 Å². The van der Waals surface area contributed by atoms with E-state index in [0.29, 0.717) is 5.56 Å². The molecular formula is C24H35NO3S. The summed E-state index contributed by atoms with van der Waals surface area (Å²) in [6.07, 6.45) is 6.60. The molecule has 0 spiro atoms. The van der Waals surface area contributed by atoms with Crippen LogP contribution in [0.15, 0.2) is 17.0 Å². The zero-order valence-corrected chi connectivity index (χ0v) is 19.5. The van der Waals surface area contributed by atoms with Crippen molar-refractivity contribution in [2.24, 2.45) is 5.92 Å². The summed E-state index contributed by atoms with van der Waals surface area (Å²) in [6, 6.07) is 5.53. The number of phenols is 1. The molecule has 2 rings (SSSR count). The number of aromatic hydroxyl groups is 1. The molecule has 1 aromatic rings. The third-order valence-corrected chi connectivity index (χ3v) is 7.46. The van der Waals surface area contributed by atoms with Gasteiger partial charge >= 0.3 is 0 Å². The zero-order valence-electron chi connectivity index (χ0n) is 18.7. The molecule has 1 aromatic carbocycles. The van der Waals surface area contributed by atoms with E-state index in [1.54, 1.807) is 12.1 Å². The molecule has 0 radical (unpaired) electrons. The van der Waals surface area contributed by atoms with Crippen molar-refractivity contribution in [1.82, 2.24) is 0 Å². The first-order valence-electron chi connectivity index (χ1n) is 10.5. The molecule has 29 heavy (non-hydrogen) atoms. The Morgan fingerprint density at radius 1 is 1.07 bits per heavy atom. The van der Waals surface area contributed by atoms with Gasteiger partial charge in [-0.1, -0.05) is 60.8 Å². The standard InChI is InChI=1S/C24H35NO3S/c1-23(2,3)20-13-18(14-21(22(20)26)24(4,5)6)12-19(15-25)29(27,28)16-17-10-8-7-9-11-17/h12-14,17,26H,7-11,16H2,1-6H3/b19-12-. The van der Waals surface area contributed by atoms with Gasteiger partial charge in [-0.25, -0.2) is 8.42 Å². The van der Waals surface area contributed by atoms with E-state index in [0.717, 1.165) is 43.2 Å². The van der Waals surface area contributed by atoms with Gasteiger partial charge in [0, 0.05) is 11.1 Å². The van der Waals surface area contributed by atoms with Crippen LogP contribution in [-0.4, -0.2) is 19.3 Å². The minimum atomic E-state index is -3.64. The number of benzene rings is 1. The van der Waals surface area contributed by atoms with E-state index < -0.39 is 9.84 Å². The SMILES string of the molecule is CC(C)(C)c1cc(/C=C(/C#N)S(=O)(=O)CC2CCCCC2)cc(C(C)(C)C)c1O. The topological polar surface area (TPSA) is 78.2 Å². The smallest absolute Gasteiger partial charge is 0.188 e. The second-order valence-corrected chi connectivity index (χ2v) is 12.4. The van der Waals surface area contributed by atoms with Crippen molar-refractivity contribution < 1.29 is 13.5 Å². The van der Waals surface area contributed by atoms with Crippen molar-refractivity contribution in [2.75, 3.05) is 5.75 Å².